The summed E-state index contributed by atoms with van der Waals surface area (Å²) in [4.78, 5) is 0. The van der Waals surface area contributed by atoms with Crippen LogP contribution >= 0.6 is 0 Å². The molecule has 1 N–H and O–H groups in total. The average Bonchev–Trinajstić information content (AvgIpc) is 2.46. The zero-order chi connectivity index (χ0) is 16.2. The van der Waals surface area contributed by atoms with E-state index in [1.165, 1.54) is 0 Å². The number of hydrogen-bond donors (Lipinski definition) is 1. The van der Waals surface area contributed by atoms with E-state index < -0.39 is 34.8 Å². The summed E-state index contributed by atoms with van der Waals surface area (Å²) in [6, 6.07) is 0. The molecule has 0 radical (unpaired) electrons. The van der Waals surface area contributed by atoms with Gasteiger partial charge >= 0.3 is 0 Å². The molecule has 0 spiro atoms. The van der Waals surface area contributed by atoms with Crippen molar-refractivity contribution >= 4 is 16.2 Å². The summed E-state index contributed by atoms with van der Waals surface area (Å²) in [6.45, 7) is 3.96. The van der Waals surface area contributed by atoms with E-state index in [0.717, 1.165) is 6.42 Å². The number of anilines is 1. The van der Waals surface area contributed by atoms with E-state index in [-0.39, 0.29) is 12.1 Å². The molecule has 1 aromatic rings. The van der Waals surface area contributed by atoms with Gasteiger partial charge in [0, 0.05) is 12.1 Å². The van der Waals surface area contributed by atoms with Gasteiger partial charge in [0.2, 0.25) is 5.82 Å². The lowest BCUT2D eigenvalue weighted by Crippen LogP contribution is -2.23. The Balaban J connectivity index is 2.61. The second kappa shape index (κ2) is 7.21. The maximum Gasteiger partial charge on any atom is 0.200 e. The SMILES string of the molecule is CC(C)(CCCCNc1c(F)c(F)c(F)c(F)c1F)O[SiH3]. The Hall–Kier alpha value is -1.15. The summed E-state index contributed by atoms with van der Waals surface area (Å²) in [5, 5.41) is 2.27. The largest absolute Gasteiger partial charge is 0.423 e. The van der Waals surface area contributed by atoms with Gasteiger partial charge < -0.3 is 9.74 Å². The van der Waals surface area contributed by atoms with Crippen LogP contribution in [0.15, 0.2) is 0 Å². The molecule has 1 aromatic carbocycles. The zero-order valence-corrected chi connectivity index (χ0v) is 14.1. The normalized spacial score (nSPS) is 12.0. The Morgan fingerprint density at radius 2 is 1.38 bits per heavy atom. The van der Waals surface area contributed by atoms with Crippen LogP contribution in [0.4, 0.5) is 27.6 Å². The van der Waals surface area contributed by atoms with Crippen molar-refractivity contribution in [2.45, 2.75) is 38.7 Å². The average molecular weight is 327 g/mol. The summed E-state index contributed by atoms with van der Waals surface area (Å²) in [5.74, 6) is -9.71. The first-order valence-electron chi connectivity index (χ1n) is 6.51. The Morgan fingerprint density at radius 1 is 0.905 bits per heavy atom. The fraction of sp³-hybridized carbons (Fsp3) is 0.538. The van der Waals surface area contributed by atoms with E-state index in [2.05, 4.69) is 5.32 Å². The molecular formula is C13H18F5NOSi. The summed E-state index contributed by atoms with van der Waals surface area (Å²) < 4.78 is 70.8. The number of hydrogen-bond acceptors (Lipinski definition) is 2. The number of rotatable bonds is 7. The highest BCUT2D eigenvalue weighted by molar-refractivity contribution is 5.98. The van der Waals surface area contributed by atoms with Crippen molar-refractivity contribution in [2.75, 3.05) is 11.9 Å². The van der Waals surface area contributed by atoms with E-state index in [1.54, 1.807) is 0 Å². The molecule has 8 heteroatoms. The first-order chi connectivity index (χ1) is 9.71. The molecule has 0 fully saturated rings. The molecule has 0 aliphatic heterocycles. The van der Waals surface area contributed by atoms with Gasteiger partial charge in [-0.2, -0.15) is 0 Å². The van der Waals surface area contributed by atoms with Gasteiger partial charge in [-0.05, 0) is 33.1 Å². The van der Waals surface area contributed by atoms with Crippen molar-refractivity contribution in [2.24, 2.45) is 0 Å². The van der Waals surface area contributed by atoms with Crippen LogP contribution in [0, 0.1) is 29.1 Å². The van der Waals surface area contributed by atoms with E-state index in [1.807, 2.05) is 13.8 Å². The molecule has 0 bridgehead atoms. The van der Waals surface area contributed by atoms with Crippen LogP contribution in [0.2, 0.25) is 0 Å². The van der Waals surface area contributed by atoms with Gasteiger partial charge in [-0.25, -0.2) is 22.0 Å². The van der Waals surface area contributed by atoms with E-state index in [4.69, 9.17) is 4.43 Å². The predicted octanol–water partition coefficient (Wildman–Crippen LogP) is 3.04. The molecule has 0 aliphatic rings. The van der Waals surface area contributed by atoms with Gasteiger partial charge in [-0.15, -0.1) is 0 Å². The lowest BCUT2D eigenvalue weighted by atomic mass is 10.0. The summed E-state index contributed by atoms with van der Waals surface area (Å²) >= 11 is 0. The molecule has 0 heterocycles. The third-order valence-corrected chi connectivity index (χ3v) is 4.37. The van der Waals surface area contributed by atoms with Crippen LogP contribution in [0.25, 0.3) is 0 Å². The minimum Gasteiger partial charge on any atom is -0.423 e. The van der Waals surface area contributed by atoms with Crippen molar-refractivity contribution in [1.82, 2.24) is 0 Å². The minimum absolute atomic E-state index is 0.107. The van der Waals surface area contributed by atoms with E-state index >= 15 is 0 Å². The van der Waals surface area contributed by atoms with Gasteiger partial charge in [0.25, 0.3) is 0 Å². The van der Waals surface area contributed by atoms with Crippen molar-refractivity contribution in [3.05, 3.63) is 29.1 Å². The fourth-order valence-corrected chi connectivity index (χ4v) is 1.96. The van der Waals surface area contributed by atoms with Gasteiger partial charge in [-0.3, -0.25) is 0 Å². The Labute approximate surface area is 123 Å². The molecule has 120 valence electrons. The van der Waals surface area contributed by atoms with Gasteiger partial charge in [0.05, 0.1) is 0 Å². The van der Waals surface area contributed by atoms with Crippen LogP contribution < -0.4 is 5.32 Å². The monoisotopic (exact) mass is 327 g/mol. The molecule has 1 rings (SSSR count). The number of nitrogens with one attached hydrogen (secondary N) is 1. The third kappa shape index (κ3) is 4.41. The Kier molecular flexibility index (Phi) is 6.15. The minimum atomic E-state index is -2.15. The molecule has 21 heavy (non-hydrogen) atoms. The molecule has 0 saturated carbocycles. The number of halogens is 5. The highest BCUT2D eigenvalue weighted by Gasteiger charge is 2.25. The van der Waals surface area contributed by atoms with E-state index in [0.29, 0.717) is 23.3 Å². The zero-order valence-electron chi connectivity index (χ0n) is 12.1. The maximum absolute atomic E-state index is 13.4. The van der Waals surface area contributed by atoms with Gasteiger partial charge in [-0.1, -0.05) is 0 Å². The molecule has 0 amide bonds. The summed E-state index contributed by atoms with van der Waals surface area (Å²) in [5.41, 5.74) is -1.23. The highest BCUT2D eigenvalue weighted by atomic mass is 28.2. The molecule has 0 atom stereocenters. The lowest BCUT2D eigenvalue weighted by molar-refractivity contribution is 0.110. The molecular weight excluding hydrogens is 309 g/mol. The van der Waals surface area contributed by atoms with Crippen molar-refractivity contribution in [3.63, 3.8) is 0 Å². The van der Waals surface area contributed by atoms with Gasteiger partial charge in [0.1, 0.15) is 16.2 Å². The summed E-state index contributed by atoms with van der Waals surface area (Å²) in [7, 11) is 0.607. The molecule has 0 aliphatic carbocycles. The Morgan fingerprint density at radius 3 is 1.86 bits per heavy atom. The molecule has 0 aromatic heterocycles. The van der Waals surface area contributed by atoms with Crippen LogP contribution in [0.3, 0.4) is 0 Å². The third-order valence-electron chi connectivity index (χ3n) is 3.27. The molecule has 0 unspecified atom stereocenters. The standard InChI is InChI=1S/C13H18F5NOSi/c1-13(2,20-21)5-3-4-6-19-12-10(17)8(15)7(14)9(16)11(12)18/h19H,3-6H2,1-2,21H3. The van der Waals surface area contributed by atoms with Crippen LogP contribution in [-0.2, 0) is 4.43 Å². The van der Waals surface area contributed by atoms with Crippen molar-refractivity contribution in [3.8, 4) is 0 Å². The quantitative estimate of drug-likeness (QED) is 0.273. The topological polar surface area (TPSA) is 21.3 Å². The van der Waals surface area contributed by atoms with Crippen LogP contribution in [-0.4, -0.2) is 22.6 Å². The van der Waals surface area contributed by atoms with Crippen molar-refractivity contribution < 1.29 is 26.4 Å². The van der Waals surface area contributed by atoms with Crippen LogP contribution in [0.1, 0.15) is 33.1 Å². The number of unbranched alkanes of at least 4 members (excludes halogenated alkanes) is 1. The van der Waals surface area contributed by atoms with Gasteiger partial charge in [0.15, 0.2) is 23.3 Å². The van der Waals surface area contributed by atoms with Crippen LogP contribution in [0.5, 0.6) is 0 Å². The molecule has 0 saturated heterocycles. The second-order valence-corrected chi connectivity index (χ2v) is 5.70. The fourth-order valence-electron chi connectivity index (χ4n) is 1.75. The Bertz CT molecular complexity index is 481. The molecule has 2 nitrogen and oxygen atoms in total. The van der Waals surface area contributed by atoms with E-state index in [9.17, 15) is 22.0 Å². The second-order valence-electron chi connectivity index (χ2n) is 5.29. The maximum atomic E-state index is 13.4. The first kappa shape index (κ1) is 17.9. The summed E-state index contributed by atoms with van der Waals surface area (Å²) in [6.07, 6.45) is 1.97. The predicted molar refractivity (Wildman–Crippen MR) is 73.7 cm³/mol. The lowest BCUT2D eigenvalue weighted by Gasteiger charge is -2.23. The smallest absolute Gasteiger partial charge is 0.200 e. The van der Waals surface area contributed by atoms with Crippen molar-refractivity contribution in [1.29, 1.82) is 0 Å². The first-order valence-corrected chi connectivity index (χ1v) is 7.33. The highest BCUT2D eigenvalue weighted by Crippen LogP contribution is 2.27. The number of benzene rings is 1.